The Morgan fingerprint density at radius 2 is 1.96 bits per heavy atom. The molecular weight excluding hydrogens is 350 g/mol. The van der Waals surface area contributed by atoms with E-state index in [1.165, 1.54) is 18.2 Å². The van der Waals surface area contributed by atoms with Gasteiger partial charge in [0.1, 0.15) is 6.04 Å². The molecule has 28 heavy (non-hydrogen) atoms. The van der Waals surface area contributed by atoms with Gasteiger partial charge in [0.2, 0.25) is 11.8 Å². The Hall–Kier alpha value is -2.82. The second-order valence-electron chi connectivity index (χ2n) is 7.30. The molecule has 1 N–H and O–H groups in total. The third kappa shape index (κ3) is 4.35. The van der Waals surface area contributed by atoms with Crippen LogP contribution < -0.4 is 15.1 Å². The van der Waals surface area contributed by atoms with E-state index in [9.17, 15) is 9.59 Å². The molecule has 3 rings (SSSR count). The van der Waals surface area contributed by atoms with Crippen LogP contribution >= 0.6 is 0 Å². The highest BCUT2D eigenvalue weighted by atomic mass is 16.2. The Kier molecular flexibility index (Phi) is 6.34. The van der Waals surface area contributed by atoms with E-state index in [4.69, 9.17) is 0 Å². The Morgan fingerprint density at radius 3 is 2.68 bits per heavy atom. The molecule has 5 heteroatoms. The minimum Gasteiger partial charge on any atom is -0.372 e. The second kappa shape index (κ2) is 8.91. The third-order valence-electron chi connectivity index (χ3n) is 5.27. The Bertz CT molecular complexity index is 849. The van der Waals surface area contributed by atoms with E-state index < -0.39 is 6.04 Å². The first-order chi connectivity index (χ1) is 13.5. The van der Waals surface area contributed by atoms with Gasteiger partial charge in [-0.15, -0.1) is 0 Å². The maximum absolute atomic E-state index is 12.7. The molecule has 0 bridgehead atoms. The van der Waals surface area contributed by atoms with Crippen molar-refractivity contribution in [2.24, 2.45) is 0 Å². The predicted octanol–water partition coefficient (Wildman–Crippen LogP) is 3.31. The van der Waals surface area contributed by atoms with Crippen LogP contribution in [0.4, 0.5) is 11.4 Å². The molecule has 0 aliphatic carbocycles. The summed E-state index contributed by atoms with van der Waals surface area (Å²) in [6.07, 6.45) is 1.43. The van der Waals surface area contributed by atoms with E-state index in [1.54, 1.807) is 4.90 Å². The van der Waals surface area contributed by atoms with Gasteiger partial charge < -0.3 is 10.2 Å². The van der Waals surface area contributed by atoms with Gasteiger partial charge in [0.15, 0.2) is 0 Å². The van der Waals surface area contributed by atoms with Gasteiger partial charge in [-0.1, -0.05) is 30.3 Å². The molecule has 1 atom stereocenters. The minimum atomic E-state index is -0.450. The summed E-state index contributed by atoms with van der Waals surface area (Å²) in [6.45, 7) is 8.15. The lowest BCUT2D eigenvalue weighted by Crippen LogP contribution is -2.47. The summed E-state index contributed by atoms with van der Waals surface area (Å²) < 4.78 is 0. The SMILES string of the molecule is CCN(CCCNC(=O)[C@@H]1Cc2ccccc2N1C(C)=O)c1cccc(C)c1. The molecule has 1 heterocycles. The first kappa shape index (κ1) is 19.9. The smallest absolute Gasteiger partial charge is 0.243 e. The van der Waals surface area contributed by atoms with Crippen LogP contribution in [-0.2, 0) is 16.0 Å². The molecule has 2 aromatic rings. The summed E-state index contributed by atoms with van der Waals surface area (Å²) >= 11 is 0. The summed E-state index contributed by atoms with van der Waals surface area (Å²) in [5, 5.41) is 3.03. The van der Waals surface area contributed by atoms with E-state index in [-0.39, 0.29) is 11.8 Å². The van der Waals surface area contributed by atoms with Crippen LogP contribution in [0.2, 0.25) is 0 Å². The average Bonchev–Trinajstić information content (AvgIpc) is 3.08. The van der Waals surface area contributed by atoms with Gasteiger partial charge in [0.05, 0.1) is 0 Å². The fourth-order valence-electron chi connectivity index (χ4n) is 3.88. The lowest BCUT2D eigenvalue weighted by Gasteiger charge is -2.25. The third-order valence-corrected chi connectivity index (χ3v) is 5.27. The van der Waals surface area contributed by atoms with Crippen LogP contribution in [-0.4, -0.2) is 37.5 Å². The molecule has 1 aliphatic heterocycles. The van der Waals surface area contributed by atoms with Crippen LogP contribution in [0.25, 0.3) is 0 Å². The number of hydrogen-bond acceptors (Lipinski definition) is 3. The van der Waals surface area contributed by atoms with Crippen molar-refractivity contribution >= 4 is 23.2 Å². The molecule has 0 unspecified atom stereocenters. The first-order valence-corrected chi connectivity index (χ1v) is 9.98. The zero-order valence-corrected chi connectivity index (χ0v) is 16.9. The molecule has 0 saturated heterocycles. The van der Waals surface area contributed by atoms with Crippen LogP contribution in [0, 0.1) is 6.92 Å². The van der Waals surface area contributed by atoms with Gasteiger partial charge in [0.25, 0.3) is 0 Å². The summed E-state index contributed by atoms with van der Waals surface area (Å²) in [5.74, 6) is -0.174. The van der Waals surface area contributed by atoms with E-state index in [0.717, 1.165) is 30.8 Å². The Morgan fingerprint density at radius 1 is 1.18 bits per heavy atom. The Balaban J connectivity index is 1.54. The molecule has 0 spiro atoms. The number of hydrogen-bond donors (Lipinski definition) is 1. The average molecular weight is 380 g/mol. The summed E-state index contributed by atoms with van der Waals surface area (Å²) in [7, 11) is 0. The zero-order chi connectivity index (χ0) is 20.1. The monoisotopic (exact) mass is 379 g/mol. The van der Waals surface area contributed by atoms with Gasteiger partial charge in [-0.05, 0) is 49.6 Å². The number of aryl methyl sites for hydroxylation is 1. The highest BCUT2D eigenvalue weighted by Gasteiger charge is 2.36. The number of benzene rings is 2. The van der Waals surface area contributed by atoms with Crippen LogP contribution in [0.3, 0.4) is 0 Å². The van der Waals surface area contributed by atoms with E-state index in [0.29, 0.717) is 13.0 Å². The van der Waals surface area contributed by atoms with E-state index in [2.05, 4.69) is 48.3 Å². The van der Waals surface area contributed by atoms with Crippen molar-refractivity contribution in [1.29, 1.82) is 0 Å². The summed E-state index contributed by atoms with van der Waals surface area (Å²) in [6, 6.07) is 15.8. The molecule has 0 aromatic heterocycles. The number of nitrogens with zero attached hydrogens (tertiary/aromatic N) is 2. The van der Waals surface area contributed by atoms with E-state index >= 15 is 0 Å². The quantitative estimate of drug-likeness (QED) is 0.751. The van der Waals surface area contributed by atoms with E-state index in [1.807, 2.05) is 24.3 Å². The number of fused-ring (bicyclic) bond motifs is 1. The number of amides is 2. The van der Waals surface area contributed by atoms with Gasteiger partial charge in [0, 0.05) is 44.4 Å². The minimum absolute atomic E-state index is 0.0787. The number of rotatable bonds is 7. The lowest BCUT2D eigenvalue weighted by atomic mass is 10.1. The maximum Gasteiger partial charge on any atom is 0.243 e. The topological polar surface area (TPSA) is 52.7 Å². The predicted molar refractivity (Wildman–Crippen MR) is 114 cm³/mol. The number of carbonyl (C=O) groups excluding carboxylic acids is 2. The summed E-state index contributed by atoms with van der Waals surface area (Å²) in [5.41, 5.74) is 4.36. The zero-order valence-electron chi connectivity index (χ0n) is 16.9. The van der Waals surface area contributed by atoms with Crippen LogP contribution in [0.1, 0.15) is 31.4 Å². The second-order valence-corrected chi connectivity index (χ2v) is 7.30. The molecule has 0 radical (unpaired) electrons. The fourth-order valence-corrected chi connectivity index (χ4v) is 3.88. The molecule has 2 aromatic carbocycles. The van der Waals surface area contributed by atoms with Gasteiger partial charge in [-0.3, -0.25) is 14.5 Å². The maximum atomic E-state index is 12.7. The number of anilines is 2. The highest BCUT2D eigenvalue weighted by Crippen LogP contribution is 2.32. The van der Waals surface area contributed by atoms with Gasteiger partial charge >= 0.3 is 0 Å². The molecular formula is C23H29N3O2. The van der Waals surface area contributed by atoms with Crippen molar-refractivity contribution in [3.8, 4) is 0 Å². The van der Waals surface area contributed by atoms with Crippen molar-refractivity contribution < 1.29 is 9.59 Å². The molecule has 2 amide bonds. The van der Waals surface area contributed by atoms with Crippen molar-refractivity contribution in [3.05, 3.63) is 59.7 Å². The number of carbonyl (C=O) groups is 2. The highest BCUT2D eigenvalue weighted by molar-refractivity contribution is 6.02. The summed E-state index contributed by atoms with van der Waals surface area (Å²) in [4.78, 5) is 28.8. The molecule has 0 saturated carbocycles. The largest absolute Gasteiger partial charge is 0.372 e. The van der Waals surface area contributed by atoms with Gasteiger partial charge in [-0.2, -0.15) is 0 Å². The molecule has 5 nitrogen and oxygen atoms in total. The van der Waals surface area contributed by atoms with Crippen molar-refractivity contribution in [3.63, 3.8) is 0 Å². The lowest BCUT2D eigenvalue weighted by molar-refractivity contribution is -0.125. The molecule has 1 aliphatic rings. The Labute approximate surface area is 167 Å². The fraction of sp³-hybridized carbons (Fsp3) is 0.391. The number of nitrogens with one attached hydrogen (secondary N) is 1. The standard InChI is InChI=1S/C23H29N3O2/c1-4-25(20-11-7-9-17(2)15-20)14-8-13-24-23(28)22-16-19-10-5-6-12-21(19)26(22)18(3)27/h5-7,9-12,15,22H,4,8,13-14,16H2,1-3H3,(H,24,28)/t22-/m0/s1. The molecule has 0 fully saturated rings. The normalized spacial score (nSPS) is 15.2. The van der Waals surface area contributed by atoms with Crippen molar-refractivity contribution in [1.82, 2.24) is 5.32 Å². The first-order valence-electron chi connectivity index (χ1n) is 9.98. The van der Waals surface area contributed by atoms with Gasteiger partial charge in [-0.25, -0.2) is 0 Å². The van der Waals surface area contributed by atoms with Crippen LogP contribution in [0.15, 0.2) is 48.5 Å². The van der Waals surface area contributed by atoms with Crippen LogP contribution in [0.5, 0.6) is 0 Å². The van der Waals surface area contributed by atoms with Crippen molar-refractivity contribution in [2.75, 3.05) is 29.4 Å². The number of para-hydroxylation sites is 1. The molecule has 148 valence electrons. The van der Waals surface area contributed by atoms with Crippen molar-refractivity contribution in [2.45, 2.75) is 39.7 Å².